The maximum Gasteiger partial charge on any atom is 0.142 e. The average molecular weight is 270 g/mol. The van der Waals surface area contributed by atoms with Crippen LogP contribution >= 0.6 is 39.1 Å². The molecule has 0 atom stereocenters. The lowest BCUT2D eigenvalue weighted by molar-refractivity contribution is 0.412. The number of rotatable bonds is 2. The highest BCUT2D eigenvalue weighted by Gasteiger charge is 2.09. The molecule has 1 aromatic rings. The Labute approximate surface area is 89.7 Å². The third-order valence-corrected chi connectivity index (χ3v) is 2.71. The zero-order chi connectivity index (χ0) is 9.14. The summed E-state index contributed by atoms with van der Waals surface area (Å²) in [5.41, 5.74) is 0.881. The van der Waals surface area contributed by atoms with E-state index in [-0.39, 0.29) is 0 Å². The minimum Gasteiger partial charge on any atom is -0.495 e. The molecule has 12 heavy (non-hydrogen) atoms. The topological polar surface area (TPSA) is 9.23 Å². The second-order valence-electron chi connectivity index (χ2n) is 2.17. The molecule has 0 saturated carbocycles. The Bertz CT molecular complexity index is 260. The highest BCUT2D eigenvalue weighted by Crippen LogP contribution is 2.34. The van der Waals surface area contributed by atoms with Crippen molar-refractivity contribution in [3.63, 3.8) is 0 Å². The molecular formula is C8H7BrCl2O. The predicted octanol–water partition coefficient (Wildman–Crippen LogP) is 3.90. The second kappa shape index (κ2) is 4.35. The molecule has 66 valence electrons. The average Bonchev–Trinajstić information content (AvgIpc) is 2.08. The molecule has 1 aromatic carbocycles. The van der Waals surface area contributed by atoms with Gasteiger partial charge in [-0.05, 0) is 12.1 Å². The van der Waals surface area contributed by atoms with Crippen molar-refractivity contribution in [1.29, 1.82) is 0 Å². The molecule has 0 N–H and O–H groups in total. The SMILES string of the molecule is COc1c(Cl)ccc(Cl)c1CBr. The molecule has 0 aliphatic rings. The van der Waals surface area contributed by atoms with Crippen LogP contribution in [0.2, 0.25) is 10.0 Å². The van der Waals surface area contributed by atoms with Crippen LogP contribution in [0.5, 0.6) is 5.75 Å². The molecular weight excluding hydrogens is 263 g/mol. The lowest BCUT2D eigenvalue weighted by atomic mass is 10.2. The monoisotopic (exact) mass is 268 g/mol. The summed E-state index contributed by atoms with van der Waals surface area (Å²) in [6.07, 6.45) is 0. The Morgan fingerprint density at radius 2 is 1.92 bits per heavy atom. The van der Waals surface area contributed by atoms with Gasteiger partial charge in [0.05, 0.1) is 12.1 Å². The van der Waals surface area contributed by atoms with Crippen molar-refractivity contribution in [2.45, 2.75) is 5.33 Å². The van der Waals surface area contributed by atoms with Gasteiger partial charge >= 0.3 is 0 Å². The van der Waals surface area contributed by atoms with Crippen LogP contribution in [0, 0.1) is 0 Å². The molecule has 0 aliphatic heterocycles. The van der Waals surface area contributed by atoms with Crippen LogP contribution in [0.1, 0.15) is 5.56 Å². The van der Waals surface area contributed by atoms with Gasteiger partial charge < -0.3 is 4.74 Å². The van der Waals surface area contributed by atoms with Crippen molar-refractivity contribution in [1.82, 2.24) is 0 Å². The summed E-state index contributed by atoms with van der Waals surface area (Å²) in [6, 6.07) is 3.47. The van der Waals surface area contributed by atoms with E-state index in [9.17, 15) is 0 Å². The third-order valence-electron chi connectivity index (χ3n) is 1.49. The fourth-order valence-corrected chi connectivity index (χ4v) is 2.11. The maximum absolute atomic E-state index is 5.91. The van der Waals surface area contributed by atoms with Gasteiger partial charge in [-0.3, -0.25) is 0 Å². The van der Waals surface area contributed by atoms with E-state index in [0.29, 0.717) is 21.1 Å². The van der Waals surface area contributed by atoms with E-state index in [2.05, 4.69) is 15.9 Å². The summed E-state index contributed by atoms with van der Waals surface area (Å²) in [7, 11) is 1.57. The molecule has 1 rings (SSSR count). The van der Waals surface area contributed by atoms with E-state index in [1.54, 1.807) is 19.2 Å². The Hall–Kier alpha value is 0.0800. The molecule has 0 spiro atoms. The molecule has 0 aliphatic carbocycles. The van der Waals surface area contributed by atoms with Gasteiger partial charge in [-0.15, -0.1) is 0 Å². The van der Waals surface area contributed by atoms with Gasteiger partial charge in [0.15, 0.2) is 0 Å². The first-order chi connectivity index (χ1) is 5.70. The number of methoxy groups -OCH3 is 1. The van der Waals surface area contributed by atoms with Gasteiger partial charge in [0.25, 0.3) is 0 Å². The smallest absolute Gasteiger partial charge is 0.142 e. The lowest BCUT2D eigenvalue weighted by Gasteiger charge is -2.09. The van der Waals surface area contributed by atoms with Crippen LogP contribution in [0.3, 0.4) is 0 Å². The second-order valence-corrected chi connectivity index (χ2v) is 3.55. The van der Waals surface area contributed by atoms with Crippen LogP contribution < -0.4 is 4.74 Å². The molecule has 0 bridgehead atoms. The van der Waals surface area contributed by atoms with E-state index >= 15 is 0 Å². The van der Waals surface area contributed by atoms with Gasteiger partial charge in [0, 0.05) is 15.9 Å². The number of hydrogen-bond donors (Lipinski definition) is 0. The summed E-state index contributed by atoms with van der Waals surface area (Å²) >= 11 is 15.1. The Morgan fingerprint density at radius 3 is 2.33 bits per heavy atom. The fourth-order valence-electron chi connectivity index (χ4n) is 0.920. The molecule has 0 amide bonds. The lowest BCUT2D eigenvalue weighted by Crippen LogP contribution is -1.91. The Kier molecular flexibility index (Phi) is 3.69. The van der Waals surface area contributed by atoms with E-state index in [1.165, 1.54) is 0 Å². The normalized spacial score (nSPS) is 10.0. The van der Waals surface area contributed by atoms with Crippen molar-refractivity contribution in [3.05, 3.63) is 27.7 Å². The summed E-state index contributed by atoms with van der Waals surface area (Å²) in [5.74, 6) is 0.640. The highest BCUT2D eigenvalue weighted by molar-refractivity contribution is 9.08. The first-order valence-electron chi connectivity index (χ1n) is 3.27. The third kappa shape index (κ3) is 1.87. The van der Waals surface area contributed by atoms with Crippen molar-refractivity contribution < 1.29 is 4.74 Å². The standard InChI is InChI=1S/C8H7BrCl2O/c1-12-8-5(4-9)6(10)2-3-7(8)11/h2-3H,4H2,1H3. The van der Waals surface area contributed by atoms with E-state index in [0.717, 1.165) is 5.56 Å². The van der Waals surface area contributed by atoms with Crippen LogP contribution in [0.15, 0.2) is 12.1 Å². The number of hydrogen-bond acceptors (Lipinski definition) is 1. The molecule has 0 heterocycles. The number of alkyl halides is 1. The van der Waals surface area contributed by atoms with E-state index in [1.807, 2.05) is 0 Å². The van der Waals surface area contributed by atoms with Gasteiger partial charge in [-0.2, -0.15) is 0 Å². The predicted molar refractivity (Wildman–Crippen MR) is 55.6 cm³/mol. The van der Waals surface area contributed by atoms with Crippen molar-refractivity contribution in [2.75, 3.05) is 7.11 Å². The first kappa shape index (κ1) is 10.2. The first-order valence-corrected chi connectivity index (χ1v) is 5.15. The Morgan fingerprint density at radius 1 is 1.33 bits per heavy atom. The van der Waals surface area contributed by atoms with Gasteiger partial charge in [-0.1, -0.05) is 39.1 Å². The minimum atomic E-state index is 0.580. The summed E-state index contributed by atoms with van der Waals surface area (Å²) in [6.45, 7) is 0. The van der Waals surface area contributed by atoms with Gasteiger partial charge in [0.1, 0.15) is 5.75 Å². The highest BCUT2D eigenvalue weighted by atomic mass is 79.9. The molecule has 4 heteroatoms. The van der Waals surface area contributed by atoms with Crippen molar-refractivity contribution in [3.8, 4) is 5.75 Å². The molecule has 0 radical (unpaired) electrons. The number of ether oxygens (including phenoxy) is 1. The van der Waals surface area contributed by atoms with Crippen molar-refractivity contribution >= 4 is 39.1 Å². The Balaban J connectivity index is 3.28. The van der Waals surface area contributed by atoms with Crippen LogP contribution in [0.4, 0.5) is 0 Å². The quantitative estimate of drug-likeness (QED) is 0.740. The number of benzene rings is 1. The number of halogens is 3. The zero-order valence-electron chi connectivity index (χ0n) is 6.40. The van der Waals surface area contributed by atoms with E-state index in [4.69, 9.17) is 27.9 Å². The molecule has 0 aromatic heterocycles. The fraction of sp³-hybridized carbons (Fsp3) is 0.250. The molecule has 0 fully saturated rings. The van der Waals surface area contributed by atoms with Crippen molar-refractivity contribution in [2.24, 2.45) is 0 Å². The van der Waals surface area contributed by atoms with Crippen LogP contribution in [0.25, 0.3) is 0 Å². The van der Waals surface area contributed by atoms with Crippen LogP contribution in [-0.2, 0) is 5.33 Å². The van der Waals surface area contributed by atoms with Gasteiger partial charge in [-0.25, -0.2) is 0 Å². The van der Waals surface area contributed by atoms with E-state index < -0.39 is 0 Å². The summed E-state index contributed by atoms with van der Waals surface area (Å²) < 4.78 is 5.10. The zero-order valence-corrected chi connectivity index (χ0v) is 9.50. The summed E-state index contributed by atoms with van der Waals surface area (Å²) in [5, 5.41) is 1.87. The molecule has 0 unspecified atom stereocenters. The molecule has 1 nitrogen and oxygen atoms in total. The summed E-state index contributed by atoms with van der Waals surface area (Å²) in [4.78, 5) is 0. The van der Waals surface area contributed by atoms with Crippen LogP contribution in [-0.4, -0.2) is 7.11 Å². The minimum absolute atomic E-state index is 0.580. The largest absolute Gasteiger partial charge is 0.495 e. The molecule has 0 saturated heterocycles. The van der Waals surface area contributed by atoms with Gasteiger partial charge in [0.2, 0.25) is 0 Å². The maximum atomic E-state index is 5.91.